The molecule has 7 heteroatoms. The Kier molecular flexibility index (Phi) is 7.86. The van der Waals surface area contributed by atoms with E-state index in [4.69, 9.17) is 38.1 Å². The zero-order valence-electron chi connectivity index (χ0n) is 15.9. The average Bonchev–Trinajstić information content (AvgIpc) is 3.10. The van der Waals surface area contributed by atoms with Gasteiger partial charge in [-0.2, -0.15) is 15.0 Å². The molecule has 3 aromatic rings. The molecule has 1 aromatic heterocycles. The van der Waals surface area contributed by atoms with E-state index < -0.39 is 0 Å². The Morgan fingerprint density at radius 1 is 1.07 bits per heavy atom. The standard InChI is InChI=1S/C21H24Cl2N4O/c1-2-28-12-6-11-24-14-20-21(16-7-4-3-5-8-16)26-27(25-20)15-17-9-10-18(22)13-19(17)23/h3-5,7-10,13,24H,2,6,11-12,14-15H2,1H3. The third kappa shape index (κ3) is 5.79. The maximum absolute atomic E-state index is 6.31. The van der Waals surface area contributed by atoms with Crippen LogP contribution in [0.25, 0.3) is 11.3 Å². The molecule has 0 spiro atoms. The minimum atomic E-state index is 0.486. The van der Waals surface area contributed by atoms with Gasteiger partial charge >= 0.3 is 0 Å². The van der Waals surface area contributed by atoms with Crippen molar-refractivity contribution in [2.75, 3.05) is 19.8 Å². The summed E-state index contributed by atoms with van der Waals surface area (Å²) in [6.07, 6.45) is 0.961. The van der Waals surface area contributed by atoms with Crippen LogP contribution in [0.15, 0.2) is 48.5 Å². The highest BCUT2D eigenvalue weighted by Gasteiger charge is 2.14. The molecule has 0 amide bonds. The molecule has 0 saturated carbocycles. The van der Waals surface area contributed by atoms with Gasteiger partial charge in [-0.3, -0.25) is 0 Å². The Balaban J connectivity index is 1.75. The van der Waals surface area contributed by atoms with Gasteiger partial charge in [0.15, 0.2) is 0 Å². The van der Waals surface area contributed by atoms with Crippen molar-refractivity contribution < 1.29 is 4.74 Å². The van der Waals surface area contributed by atoms with E-state index >= 15 is 0 Å². The molecule has 0 radical (unpaired) electrons. The minimum absolute atomic E-state index is 0.486. The summed E-state index contributed by atoms with van der Waals surface area (Å²) >= 11 is 12.3. The molecule has 0 aliphatic heterocycles. The van der Waals surface area contributed by atoms with Crippen LogP contribution in [0.4, 0.5) is 0 Å². The molecule has 2 aromatic carbocycles. The smallest absolute Gasteiger partial charge is 0.117 e. The van der Waals surface area contributed by atoms with Crippen LogP contribution < -0.4 is 5.32 Å². The van der Waals surface area contributed by atoms with Crippen molar-refractivity contribution in [1.29, 1.82) is 0 Å². The van der Waals surface area contributed by atoms with Gasteiger partial charge in [-0.1, -0.05) is 59.6 Å². The van der Waals surface area contributed by atoms with Crippen LogP contribution in [-0.4, -0.2) is 34.8 Å². The zero-order valence-corrected chi connectivity index (χ0v) is 17.4. The van der Waals surface area contributed by atoms with Gasteiger partial charge < -0.3 is 10.1 Å². The third-order valence-electron chi connectivity index (χ3n) is 4.24. The van der Waals surface area contributed by atoms with Crippen molar-refractivity contribution in [3.63, 3.8) is 0 Å². The number of halogens is 2. The lowest BCUT2D eigenvalue weighted by atomic mass is 10.1. The Morgan fingerprint density at radius 3 is 2.64 bits per heavy atom. The van der Waals surface area contributed by atoms with Crippen LogP contribution in [-0.2, 0) is 17.8 Å². The van der Waals surface area contributed by atoms with E-state index in [-0.39, 0.29) is 0 Å². The molecule has 0 bridgehead atoms. The molecule has 1 N–H and O–H groups in total. The fourth-order valence-corrected chi connectivity index (χ4v) is 3.31. The molecule has 1 heterocycles. The maximum Gasteiger partial charge on any atom is 0.117 e. The fraction of sp³-hybridized carbons (Fsp3) is 0.333. The van der Waals surface area contributed by atoms with Gasteiger partial charge in [-0.25, -0.2) is 0 Å². The molecule has 3 rings (SSSR count). The van der Waals surface area contributed by atoms with E-state index in [9.17, 15) is 0 Å². The molecule has 0 atom stereocenters. The van der Waals surface area contributed by atoms with Crippen LogP contribution in [0.1, 0.15) is 24.6 Å². The maximum atomic E-state index is 6.31. The number of ether oxygens (including phenoxy) is 1. The normalized spacial score (nSPS) is 11.1. The van der Waals surface area contributed by atoms with E-state index in [1.165, 1.54) is 0 Å². The van der Waals surface area contributed by atoms with Crippen LogP contribution in [0.5, 0.6) is 0 Å². The van der Waals surface area contributed by atoms with Gasteiger partial charge in [-0.15, -0.1) is 0 Å². The van der Waals surface area contributed by atoms with Gasteiger partial charge in [0.1, 0.15) is 11.4 Å². The largest absolute Gasteiger partial charge is 0.382 e. The summed E-state index contributed by atoms with van der Waals surface area (Å²) in [5, 5.41) is 14.1. The minimum Gasteiger partial charge on any atom is -0.382 e. The highest BCUT2D eigenvalue weighted by molar-refractivity contribution is 6.35. The first-order valence-corrected chi connectivity index (χ1v) is 10.1. The van der Waals surface area contributed by atoms with Gasteiger partial charge in [0, 0.05) is 35.4 Å². The number of benzene rings is 2. The van der Waals surface area contributed by atoms with E-state index in [1.54, 1.807) is 10.9 Å². The predicted molar refractivity (Wildman–Crippen MR) is 114 cm³/mol. The fourth-order valence-electron chi connectivity index (χ4n) is 2.84. The lowest BCUT2D eigenvalue weighted by molar-refractivity contribution is 0.144. The molecule has 0 saturated heterocycles. The number of rotatable bonds is 10. The van der Waals surface area contributed by atoms with Gasteiger partial charge in [-0.05, 0) is 37.6 Å². The van der Waals surface area contributed by atoms with Crippen LogP contribution in [0.2, 0.25) is 10.0 Å². The van der Waals surface area contributed by atoms with Gasteiger partial charge in [0.2, 0.25) is 0 Å². The second-order valence-electron chi connectivity index (χ2n) is 6.35. The van der Waals surface area contributed by atoms with Crippen LogP contribution in [0.3, 0.4) is 0 Å². The molecule has 0 fully saturated rings. The van der Waals surface area contributed by atoms with Crippen LogP contribution >= 0.6 is 23.2 Å². The number of hydrogen-bond acceptors (Lipinski definition) is 4. The van der Waals surface area contributed by atoms with Gasteiger partial charge in [0.05, 0.1) is 6.54 Å². The first-order chi connectivity index (χ1) is 13.7. The molecule has 148 valence electrons. The van der Waals surface area contributed by atoms with E-state index in [0.717, 1.165) is 48.7 Å². The number of aromatic nitrogens is 3. The second-order valence-corrected chi connectivity index (χ2v) is 7.20. The molecule has 0 unspecified atom stereocenters. The van der Waals surface area contributed by atoms with E-state index in [0.29, 0.717) is 23.1 Å². The van der Waals surface area contributed by atoms with Crippen molar-refractivity contribution in [3.05, 3.63) is 69.8 Å². The van der Waals surface area contributed by atoms with Crippen molar-refractivity contribution in [3.8, 4) is 11.3 Å². The molecule has 5 nitrogen and oxygen atoms in total. The van der Waals surface area contributed by atoms with Crippen molar-refractivity contribution in [2.45, 2.75) is 26.4 Å². The summed E-state index contributed by atoms with van der Waals surface area (Å²) in [6, 6.07) is 15.6. The van der Waals surface area contributed by atoms with Crippen LogP contribution in [0, 0.1) is 0 Å². The Hall–Kier alpha value is -1.92. The Bertz CT molecular complexity index is 883. The third-order valence-corrected chi connectivity index (χ3v) is 4.82. The lowest BCUT2D eigenvalue weighted by Gasteiger charge is -2.04. The van der Waals surface area contributed by atoms with Crippen molar-refractivity contribution in [1.82, 2.24) is 20.3 Å². The summed E-state index contributed by atoms with van der Waals surface area (Å²) < 4.78 is 5.37. The summed E-state index contributed by atoms with van der Waals surface area (Å²) in [5.74, 6) is 0. The highest BCUT2D eigenvalue weighted by Crippen LogP contribution is 2.23. The van der Waals surface area contributed by atoms with E-state index in [1.807, 2.05) is 49.4 Å². The van der Waals surface area contributed by atoms with Crippen molar-refractivity contribution in [2.24, 2.45) is 0 Å². The number of hydrogen-bond donors (Lipinski definition) is 1. The molecule has 28 heavy (non-hydrogen) atoms. The van der Waals surface area contributed by atoms with E-state index in [2.05, 4.69) is 5.32 Å². The SMILES string of the molecule is CCOCCCNCc1nn(Cc2ccc(Cl)cc2Cl)nc1-c1ccccc1. The monoisotopic (exact) mass is 418 g/mol. The summed E-state index contributed by atoms with van der Waals surface area (Å²) in [5.41, 5.74) is 3.76. The highest BCUT2D eigenvalue weighted by atomic mass is 35.5. The molecule has 0 aliphatic rings. The summed E-state index contributed by atoms with van der Waals surface area (Å²) in [7, 11) is 0. The quantitative estimate of drug-likeness (QED) is 0.479. The van der Waals surface area contributed by atoms with Gasteiger partial charge in [0.25, 0.3) is 0 Å². The Labute approximate surface area is 175 Å². The molecule has 0 aliphatic carbocycles. The average molecular weight is 419 g/mol. The predicted octanol–water partition coefficient (Wildman–Crippen LogP) is 4.82. The summed E-state index contributed by atoms with van der Waals surface area (Å²) in [4.78, 5) is 1.69. The number of nitrogens with one attached hydrogen (secondary N) is 1. The number of nitrogens with zero attached hydrogens (tertiary/aromatic N) is 3. The first-order valence-electron chi connectivity index (χ1n) is 9.39. The Morgan fingerprint density at radius 2 is 1.89 bits per heavy atom. The summed E-state index contributed by atoms with van der Waals surface area (Å²) in [6.45, 7) is 5.51. The topological polar surface area (TPSA) is 52.0 Å². The lowest BCUT2D eigenvalue weighted by Crippen LogP contribution is -2.17. The second kappa shape index (κ2) is 10.6. The van der Waals surface area contributed by atoms with Crippen molar-refractivity contribution >= 4 is 23.2 Å². The molecular weight excluding hydrogens is 395 g/mol. The zero-order chi connectivity index (χ0) is 19.8. The molecular formula is C21H24Cl2N4O. The first kappa shape index (κ1) is 20.8.